The van der Waals surface area contributed by atoms with Crippen molar-refractivity contribution in [3.63, 3.8) is 0 Å². The van der Waals surface area contributed by atoms with Crippen LogP contribution in [0, 0.1) is 0 Å². The lowest BCUT2D eigenvalue weighted by atomic mass is 10.2. The third-order valence-electron chi connectivity index (χ3n) is 3.28. The Balaban J connectivity index is 1.80. The number of nitrogens with zero attached hydrogens (tertiary/aromatic N) is 1. The van der Waals surface area contributed by atoms with E-state index < -0.39 is 0 Å². The van der Waals surface area contributed by atoms with Crippen molar-refractivity contribution in [3.05, 3.63) is 58.1 Å². The SMILES string of the molecule is CCc1ccc(OCC(=O)N/N=C/c2ccc(OC)c(Br)c2)cc1. The van der Waals surface area contributed by atoms with Crippen LogP contribution < -0.4 is 14.9 Å². The molecule has 0 radical (unpaired) electrons. The molecule has 0 aromatic heterocycles. The molecule has 0 aliphatic carbocycles. The molecule has 6 heteroatoms. The molecule has 0 heterocycles. The molecule has 0 fully saturated rings. The van der Waals surface area contributed by atoms with Gasteiger partial charge in [0.2, 0.25) is 0 Å². The number of nitrogens with one attached hydrogen (secondary N) is 1. The minimum Gasteiger partial charge on any atom is -0.496 e. The summed E-state index contributed by atoms with van der Waals surface area (Å²) in [7, 11) is 1.60. The molecular weight excluding hydrogens is 372 g/mol. The zero-order chi connectivity index (χ0) is 17.4. The van der Waals surface area contributed by atoms with E-state index in [1.807, 2.05) is 42.5 Å². The van der Waals surface area contributed by atoms with Gasteiger partial charge in [-0.25, -0.2) is 5.43 Å². The molecule has 2 aromatic carbocycles. The van der Waals surface area contributed by atoms with Crippen LogP contribution in [0.15, 0.2) is 52.0 Å². The summed E-state index contributed by atoms with van der Waals surface area (Å²) >= 11 is 3.40. The van der Waals surface area contributed by atoms with E-state index in [0.29, 0.717) is 5.75 Å². The Kier molecular flexibility index (Phi) is 6.81. The van der Waals surface area contributed by atoms with Gasteiger partial charge in [-0.3, -0.25) is 4.79 Å². The van der Waals surface area contributed by atoms with Crippen molar-refractivity contribution in [2.24, 2.45) is 5.10 Å². The number of hydrogen-bond acceptors (Lipinski definition) is 4. The van der Waals surface area contributed by atoms with Gasteiger partial charge in [-0.1, -0.05) is 19.1 Å². The molecule has 0 atom stereocenters. The maximum absolute atomic E-state index is 11.7. The van der Waals surface area contributed by atoms with E-state index in [9.17, 15) is 4.79 Å². The van der Waals surface area contributed by atoms with Gasteiger partial charge in [-0.05, 0) is 63.8 Å². The van der Waals surface area contributed by atoms with Gasteiger partial charge >= 0.3 is 0 Å². The average molecular weight is 391 g/mol. The van der Waals surface area contributed by atoms with Crippen molar-refractivity contribution in [2.75, 3.05) is 13.7 Å². The van der Waals surface area contributed by atoms with E-state index in [1.165, 1.54) is 5.56 Å². The minimum atomic E-state index is -0.321. The Hall–Kier alpha value is -2.34. The van der Waals surface area contributed by atoms with Crippen molar-refractivity contribution in [1.29, 1.82) is 0 Å². The van der Waals surface area contributed by atoms with Crippen LogP contribution >= 0.6 is 15.9 Å². The number of rotatable bonds is 7. The Morgan fingerprint density at radius 2 is 2.00 bits per heavy atom. The second-order valence-corrected chi connectivity index (χ2v) is 5.83. The quantitative estimate of drug-likeness (QED) is 0.580. The van der Waals surface area contributed by atoms with Crippen LogP contribution in [0.4, 0.5) is 0 Å². The fraction of sp³-hybridized carbons (Fsp3) is 0.222. The van der Waals surface area contributed by atoms with Crippen LogP contribution in [0.25, 0.3) is 0 Å². The Bertz CT molecular complexity index is 715. The second-order valence-electron chi connectivity index (χ2n) is 4.97. The van der Waals surface area contributed by atoms with Gasteiger partial charge < -0.3 is 9.47 Å². The van der Waals surface area contributed by atoms with Gasteiger partial charge in [-0.15, -0.1) is 0 Å². The first-order valence-electron chi connectivity index (χ1n) is 7.49. The molecule has 0 spiro atoms. The largest absolute Gasteiger partial charge is 0.496 e. The van der Waals surface area contributed by atoms with Crippen LogP contribution in [-0.4, -0.2) is 25.8 Å². The molecule has 24 heavy (non-hydrogen) atoms. The molecule has 1 N–H and O–H groups in total. The third-order valence-corrected chi connectivity index (χ3v) is 3.90. The summed E-state index contributed by atoms with van der Waals surface area (Å²) in [4.78, 5) is 11.7. The predicted octanol–water partition coefficient (Wildman–Crippen LogP) is 3.55. The molecule has 1 amide bonds. The van der Waals surface area contributed by atoms with Crippen molar-refractivity contribution in [1.82, 2.24) is 5.43 Å². The maximum Gasteiger partial charge on any atom is 0.277 e. The zero-order valence-electron chi connectivity index (χ0n) is 13.6. The predicted molar refractivity (Wildman–Crippen MR) is 97.7 cm³/mol. The van der Waals surface area contributed by atoms with Crippen molar-refractivity contribution in [2.45, 2.75) is 13.3 Å². The maximum atomic E-state index is 11.7. The Morgan fingerprint density at radius 3 is 2.62 bits per heavy atom. The molecule has 0 aliphatic rings. The molecule has 2 aromatic rings. The van der Waals surface area contributed by atoms with Crippen molar-refractivity contribution in [3.8, 4) is 11.5 Å². The standard InChI is InChI=1S/C18H19BrN2O3/c1-3-13-4-7-15(8-5-13)24-12-18(22)21-20-11-14-6-9-17(23-2)16(19)10-14/h4-11H,3,12H2,1-2H3,(H,21,22)/b20-11+. The van der Waals surface area contributed by atoms with Crippen LogP contribution in [0.5, 0.6) is 11.5 Å². The Morgan fingerprint density at radius 1 is 1.25 bits per heavy atom. The monoisotopic (exact) mass is 390 g/mol. The number of halogens is 1. The number of ether oxygens (including phenoxy) is 2. The van der Waals surface area contributed by atoms with Crippen LogP contribution in [0.1, 0.15) is 18.1 Å². The molecule has 0 unspecified atom stereocenters. The van der Waals surface area contributed by atoms with E-state index in [1.54, 1.807) is 13.3 Å². The van der Waals surface area contributed by atoms with Gasteiger partial charge in [0.05, 0.1) is 17.8 Å². The smallest absolute Gasteiger partial charge is 0.277 e. The summed E-state index contributed by atoms with van der Waals surface area (Å²) in [6.45, 7) is 2.00. The first-order valence-corrected chi connectivity index (χ1v) is 8.29. The summed E-state index contributed by atoms with van der Waals surface area (Å²) in [5.74, 6) is 1.07. The lowest BCUT2D eigenvalue weighted by Crippen LogP contribution is -2.24. The Labute approximate surface area is 149 Å². The number of carbonyl (C=O) groups is 1. The first kappa shape index (κ1) is 18.0. The summed E-state index contributed by atoms with van der Waals surface area (Å²) in [5.41, 5.74) is 4.49. The lowest BCUT2D eigenvalue weighted by molar-refractivity contribution is -0.123. The first-order chi connectivity index (χ1) is 11.6. The average Bonchev–Trinajstić information content (AvgIpc) is 2.60. The number of hydrazone groups is 1. The number of amides is 1. The lowest BCUT2D eigenvalue weighted by Gasteiger charge is -2.06. The number of methoxy groups -OCH3 is 1. The van der Waals surface area contributed by atoms with Gasteiger partial charge in [0, 0.05) is 0 Å². The molecule has 126 valence electrons. The van der Waals surface area contributed by atoms with E-state index in [0.717, 1.165) is 22.2 Å². The molecule has 0 saturated carbocycles. The summed E-state index contributed by atoms with van der Waals surface area (Å²) < 4.78 is 11.4. The van der Waals surface area contributed by atoms with Crippen LogP contribution in [-0.2, 0) is 11.2 Å². The fourth-order valence-electron chi connectivity index (χ4n) is 1.94. The fourth-order valence-corrected chi connectivity index (χ4v) is 2.50. The van der Waals surface area contributed by atoms with E-state index in [4.69, 9.17) is 9.47 Å². The normalized spacial score (nSPS) is 10.6. The highest BCUT2D eigenvalue weighted by molar-refractivity contribution is 9.10. The van der Waals surface area contributed by atoms with Gasteiger partial charge in [0.25, 0.3) is 5.91 Å². The van der Waals surface area contributed by atoms with Crippen LogP contribution in [0.3, 0.4) is 0 Å². The number of aryl methyl sites for hydroxylation is 1. The highest BCUT2D eigenvalue weighted by Crippen LogP contribution is 2.24. The summed E-state index contributed by atoms with van der Waals surface area (Å²) in [6.07, 6.45) is 2.52. The highest BCUT2D eigenvalue weighted by atomic mass is 79.9. The zero-order valence-corrected chi connectivity index (χ0v) is 15.2. The summed E-state index contributed by atoms with van der Waals surface area (Å²) in [5, 5.41) is 3.91. The van der Waals surface area contributed by atoms with Crippen LogP contribution in [0.2, 0.25) is 0 Å². The van der Waals surface area contributed by atoms with E-state index in [2.05, 4.69) is 33.4 Å². The molecule has 0 saturated heterocycles. The van der Waals surface area contributed by atoms with Crippen molar-refractivity contribution < 1.29 is 14.3 Å². The molecular formula is C18H19BrN2O3. The number of carbonyl (C=O) groups excluding carboxylic acids is 1. The van der Waals surface area contributed by atoms with E-state index >= 15 is 0 Å². The second kappa shape index (κ2) is 9.08. The van der Waals surface area contributed by atoms with E-state index in [-0.39, 0.29) is 12.5 Å². The minimum absolute atomic E-state index is 0.0882. The summed E-state index contributed by atoms with van der Waals surface area (Å²) in [6, 6.07) is 13.2. The highest BCUT2D eigenvalue weighted by Gasteiger charge is 2.02. The number of benzene rings is 2. The van der Waals surface area contributed by atoms with Gasteiger partial charge in [0.15, 0.2) is 6.61 Å². The molecule has 0 aliphatic heterocycles. The molecule has 2 rings (SSSR count). The van der Waals surface area contributed by atoms with Gasteiger partial charge in [0.1, 0.15) is 11.5 Å². The topological polar surface area (TPSA) is 59.9 Å². The molecule has 0 bridgehead atoms. The van der Waals surface area contributed by atoms with Crippen molar-refractivity contribution >= 4 is 28.1 Å². The number of hydrogen-bond donors (Lipinski definition) is 1. The molecule has 5 nitrogen and oxygen atoms in total. The third kappa shape index (κ3) is 5.38. The van der Waals surface area contributed by atoms with Gasteiger partial charge in [-0.2, -0.15) is 5.10 Å².